The fourth-order valence-corrected chi connectivity index (χ4v) is 3.10. The average Bonchev–Trinajstić information content (AvgIpc) is 3.08. The Balaban J connectivity index is 1.63. The van der Waals surface area contributed by atoms with Gasteiger partial charge in [0.15, 0.2) is 11.8 Å². The molecule has 1 amide bonds. The molecule has 1 fully saturated rings. The summed E-state index contributed by atoms with van der Waals surface area (Å²) in [4.78, 5) is 29.6. The van der Waals surface area contributed by atoms with Gasteiger partial charge < -0.3 is 14.7 Å². The molecule has 1 N–H and O–H groups in total. The molecule has 1 aromatic carbocycles. The summed E-state index contributed by atoms with van der Waals surface area (Å²) in [6, 6.07) is 9.47. The molecule has 138 valence electrons. The van der Waals surface area contributed by atoms with Gasteiger partial charge in [0.1, 0.15) is 0 Å². The van der Waals surface area contributed by atoms with Crippen LogP contribution < -0.4 is 0 Å². The van der Waals surface area contributed by atoms with Crippen molar-refractivity contribution in [2.24, 2.45) is 0 Å². The number of carbonyl (C=O) groups excluding carboxylic acids is 1. The van der Waals surface area contributed by atoms with Crippen molar-refractivity contribution in [2.75, 3.05) is 19.7 Å². The fourth-order valence-electron chi connectivity index (χ4n) is 3.10. The molecule has 4 rings (SSSR count). The van der Waals surface area contributed by atoms with Gasteiger partial charge in [-0.05, 0) is 31.2 Å². The largest absolute Gasteiger partial charge is 0.479 e. The first-order chi connectivity index (χ1) is 13.0. The van der Waals surface area contributed by atoms with Crippen LogP contribution in [-0.4, -0.2) is 67.7 Å². The normalized spacial score (nSPS) is 17.2. The number of aliphatic carboxylic acids is 1. The van der Waals surface area contributed by atoms with Crippen molar-refractivity contribution in [3.05, 3.63) is 47.9 Å². The van der Waals surface area contributed by atoms with E-state index < -0.39 is 12.1 Å². The molecule has 9 nitrogen and oxygen atoms in total. The molecule has 1 aliphatic rings. The topological polar surface area (TPSA) is 110 Å². The number of carboxylic acids is 1. The molecule has 2 aromatic heterocycles. The zero-order valence-corrected chi connectivity index (χ0v) is 14.6. The lowest BCUT2D eigenvalue weighted by Crippen LogP contribution is -2.48. The van der Waals surface area contributed by atoms with Crippen LogP contribution in [0.4, 0.5) is 0 Å². The Morgan fingerprint density at radius 1 is 1.30 bits per heavy atom. The number of aromatic nitrogens is 4. The highest BCUT2D eigenvalue weighted by Gasteiger charge is 2.31. The minimum Gasteiger partial charge on any atom is -0.479 e. The van der Waals surface area contributed by atoms with Crippen LogP contribution in [-0.2, 0) is 9.53 Å². The van der Waals surface area contributed by atoms with Crippen molar-refractivity contribution in [1.29, 1.82) is 0 Å². The minimum absolute atomic E-state index is 0.0118. The smallest absolute Gasteiger partial charge is 0.334 e. The SMILES string of the molecule is Cc1c(C(=O)N2CCO[C@H](C(=O)O)C2)nnn1-c1ccc2ncccc2c1. The first-order valence-electron chi connectivity index (χ1n) is 8.46. The summed E-state index contributed by atoms with van der Waals surface area (Å²) in [7, 11) is 0. The number of benzene rings is 1. The van der Waals surface area contributed by atoms with Crippen LogP contribution in [0.5, 0.6) is 0 Å². The zero-order valence-electron chi connectivity index (χ0n) is 14.6. The number of pyridine rings is 1. The van der Waals surface area contributed by atoms with Crippen molar-refractivity contribution in [3.8, 4) is 5.69 Å². The molecule has 1 saturated heterocycles. The van der Waals surface area contributed by atoms with E-state index in [0.29, 0.717) is 12.2 Å². The Labute approximate surface area is 154 Å². The monoisotopic (exact) mass is 367 g/mol. The van der Waals surface area contributed by atoms with E-state index in [4.69, 9.17) is 9.84 Å². The molecule has 3 aromatic rings. The Bertz CT molecular complexity index is 1030. The second-order valence-electron chi connectivity index (χ2n) is 6.26. The van der Waals surface area contributed by atoms with Crippen molar-refractivity contribution < 1.29 is 19.4 Å². The number of hydrogen-bond donors (Lipinski definition) is 1. The van der Waals surface area contributed by atoms with E-state index in [0.717, 1.165) is 16.6 Å². The van der Waals surface area contributed by atoms with Gasteiger partial charge in [0.25, 0.3) is 5.91 Å². The summed E-state index contributed by atoms with van der Waals surface area (Å²) in [6.07, 6.45) is 0.706. The van der Waals surface area contributed by atoms with E-state index in [1.54, 1.807) is 17.8 Å². The zero-order chi connectivity index (χ0) is 19.0. The predicted molar refractivity (Wildman–Crippen MR) is 94.7 cm³/mol. The summed E-state index contributed by atoms with van der Waals surface area (Å²) in [5, 5.41) is 18.2. The van der Waals surface area contributed by atoms with Gasteiger partial charge in [-0.3, -0.25) is 9.78 Å². The van der Waals surface area contributed by atoms with Crippen LogP contribution >= 0.6 is 0 Å². The number of morpholine rings is 1. The van der Waals surface area contributed by atoms with Crippen molar-refractivity contribution in [2.45, 2.75) is 13.0 Å². The number of rotatable bonds is 3. The summed E-state index contributed by atoms with van der Waals surface area (Å²) in [6.45, 7) is 2.24. The van der Waals surface area contributed by atoms with Gasteiger partial charge in [0.2, 0.25) is 0 Å². The molecule has 0 bridgehead atoms. The Hall–Kier alpha value is -3.33. The number of amides is 1. The van der Waals surface area contributed by atoms with E-state index in [-0.39, 0.29) is 24.8 Å². The first kappa shape index (κ1) is 17.1. The maximum atomic E-state index is 12.8. The van der Waals surface area contributed by atoms with Gasteiger partial charge in [-0.15, -0.1) is 5.10 Å². The van der Waals surface area contributed by atoms with Crippen molar-refractivity contribution >= 4 is 22.8 Å². The van der Waals surface area contributed by atoms with Crippen LogP contribution in [0.1, 0.15) is 16.2 Å². The summed E-state index contributed by atoms with van der Waals surface area (Å²) in [5.41, 5.74) is 2.42. The number of nitrogens with zero attached hydrogens (tertiary/aromatic N) is 5. The molecule has 27 heavy (non-hydrogen) atoms. The van der Waals surface area contributed by atoms with Crippen molar-refractivity contribution in [3.63, 3.8) is 0 Å². The number of fused-ring (bicyclic) bond motifs is 1. The lowest BCUT2D eigenvalue weighted by atomic mass is 10.2. The second kappa shape index (κ2) is 6.76. The Kier molecular flexibility index (Phi) is 4.28. The maximum Gasteiger partial charge on any atom is 0.334 e. The second-order valence-corrected chi connectivity index (χ2v) is 6.26. The van der Waals surface area contributed by atoms with Gasteiger partial charge in [0.05, 0.1) is 30.0 Å². The average molecular weight is 367 g/mol. The first-order valence-corrected chi connectivity index (χ1v) is 8.46. The van der Waals surface area contributed by atoms with Gasteiger partial charge in [-0.1, -0.05) is 11.3 Å². The molecular weight excluding hydrogens is 350 g/mol. The lowest BCUT2D eigenvalue weighted by molar-refractivity contribution is -0.154. The Morgan fingerprint density at radius 3 is 2.96 bits per heavy atom. The molecule has 0 unspecified atom stereocenters. The fraction of sp³-hybridized carbons (Fsp3) is 0.278. The summed E-state index contributed by atoms with van der Waals surface area (Å²) in [5.74, 6) is -1.44. The van der Waals surface area contributed by atoms with Crippen LogP contribution in [0, 0.1) is 6.92 Å². The highest BCUT2D eigenvalue weighted by atomic mass is 16.5. The molecule has 9 heteroatoms. The van der Waals surface area contributed by atoms with E-state index in [1.165, 1.54) is 4.90 Å². The summed E-state index contributed by atoms with van der Waals surface area (Å²) >= 11 is 0. The number of carbonyl (C=O) groups is 2. The number of ether oxygens (including phenoxy) is 1. The highest BCUT2D eigenvalue weighted by molar-refractivity contribution is 5.94. The van der Waals surface area contributed by atoms with E-state index >= 15 is 0 Å². The summed E-state index contributed by atoms with van der Waals surface area (Å²) < 4.78 is 6.75. The molecule has 0 radical (unpaired) electrons. The number of hydrogen-bond acceptors (Lipinski definition) is 6. The molecule has 0 spiro atoms. The number of carboxylic acid groups (broad SMARTS) is 1. The maximum absolute atomic E-state index is 12.8. The molecular formula is C18H17N5O4. The van der Waals surface area contributed by atoms with Crippen LogP contribution in [0.15, 0.2) is 36.5 Å². The third-order valence-corrected chi connectivity index (χ3v) is 4.56. The van der Waals surface area contributed by atoms with Gasteiger partial charge in [-0.25, -0.2) is 9.48 Å². The minimum atomic E-state index is -1.09. The highest BCUT2D eigenvalue weighted by Crippen LogP contribution is 2.19. The van der Waals surface area contributed by atoms with Crippen LogP contribution in [0.3, 0.4) is 0 Å². The van der Waals surface area contributed by atoms with Crippen molar-refractivity contribution in [1.82, 2.24) is 24.9 Å². The quantitative estimate of drug-likeness (QED) is 0.736. The van der Waals surface area contributed by atoms with Crippen LogP contribution in [0.25, 0.3) is 16.6 Å². The van der Waals surface area contributed by atoms with Crippen LogP contribution in [0.2, 0.25) is 0 Å². The van der Waals surface area contributed by atoms with Gasteiger partial charge in [0, 0.05) is 18.1 Å². The third-order valence-electron chi connectivity index (χ3n) is 4.56. The van der Waals surface area contributed by atoms with E-state index in [1.807, 2.05) is 30.3 Å². The molecule has 0 saturated carbocycles. The van der Waals surface area contributed by atoms with Gasteiger partial charge in [-0.2, -0.15) is 0 Å². The lowest BCUT2D eigenvalue weighted by Gasteiger charge is -2.30. The molecule has 1 atom stereocenters. The molecule has 0 aliphatic carbocycles. The molecule has 1 aliphatic heterocycles. The standard InChI is InChI=1S/C18H17N5O4/c1-11-16(17(24)22-7-8-27-15(10-22)18(25)26)20-21-23(11)13-4-5-14-12(9-13)3-2-6-19-14/h2-6,9,15H,7-8,10H2,1H3,(H,25,26)/t15-/m0/s1. The van der Waals surface area contributed by atoms with Gasteiger partial charge >= 0.3 is 5.97 Å². The van der Waals surface area contributed by atoms with E-state index in [2.05, 4.69) is 15.3 Å². The predicted octanol–water partition coefficient (Wildman–Crippen LogP) is 1.05. The molecule has 3 heterocycles. The Morgan fingerprint density at radius 2 is 2.15 bits per heavy atom. The third kappa shape index (κ3) is 3.13. The van der Waals surface area contributed by atoms with E-state index in [9.17, 15) is 9.59 Å².